The Bertz CT molecular complexity index is 866. The number of alkyl halides is 4. The predicted molar refractivity (Wildman–Crippen MR) is 136 cm³/mol. The minimum Gasteiger partial charge on any atom is -0.481 e. The molecule has 38 heavy (non-hydrogen) atoms. The second-order valence-electron chi connectivity index (χ2n) is 12.1. The fourth-order valence-corrected chi connectivity index (χ4v) is 8.32. The molecule has 12 heteroatoms. The fraction of sp³-hybridized carbons (Fsp3) is 0.923. The van der Waals surface area contributed by atoms with Gasteiger partial charge in [-0.3, -0.25) is 19.8 Å². The van der Waals surface area contributed by atoms with Crippen LogP contribution in [0.3, 0.4) is 0 Å². The van der Waals surface area contributed by atoms with Crippen LogP contribution >= 0.6 is 11.6 Å². The number of carboxylic acids is 1. The van der Waals surface area contributed by atoms with Crippen LogP contribution in [0.15, 0.2) is 0 Å². The summed E-state index contributed by atoms with van der Waals surface area (Å²) in [6, 6.07) is -0.902. The number of piperidine rings is 1. The highest BCUT2D eigenvalue weighted by atomic mass is 35.5. The summed E-state index contributed by atoms with van der Waals surface area (Å²) in [5.41, 5.74) is 3.31. The van der Waals surface area contributed by atoms with E-state index in [1.54, 1.807) is 0 Å². The van der Waals surface area contributed by atoms with Crippen LogP contribution in [0.5, 0.6) is 0 Å². The molecule has 3 heterocycles. The number of nitrogens with one attached hydrogen (secondary N) is 2. The molecule has 8 nitrogen and oxygen atoms in total. The summed E-state index contributed by atoms with van der Waals surface area (Å²) >= 11 is 6.35. The molecule has 216 valence electrons. The van der Waals surface area contributed by atoms with E-state index < -0.39 is 41.8 Å². The van der Waals surface area contributed by atoms with Crippen molar-refractivity contribution in [3.05, 3.63) is 0 Å². The van der Waals surface area contributed by atoms with Crippen molar-refractivity contribution >= 4 is 23.5 Å². The van der Waals surface area contributed by atoms with E-state index >= 15 is 0 Å². The fourth-order valence-electron chi connectivity index (χ4n) is 8.04. The van der Waals surface area contributed by atoms with Crippen molar-refractivity contribution in [1.29, 1.82) is 0 Å². The molecule has 2 aliphatic carbocycles. The highest BCUT2D eigenvalue weighted by Gasteiger charge is 2.52. The van der Waals surface area contributed by atoms with Gasteiger partial charge < -0.3 is 10.0 Å². The van der Waals surface area contributed by atoms with Gasteiger partial charge in [0.2, 0.25) is 5.91 Å². The van der Waals surface area contributed by atoms with Crippen molar-refractivity contribution < 1.29 is 27.9 Å². The number of aliphatic carboxylic acids is 1. The lowest BCUT2D eigenvalue weighted by Gasteiger charge is -2.53. The Kier molecular flexibility index (Phi) is 8.51. The van der Waals surface area contributed by atoms with Gasteiger partial charge in [0.05, 0.1) is 17.6 Å². The van der Waals surface area contributed by atoms with Crippen molar-refractivity contribution in [2.75, 3.05) is 20.1 Å². The molecule has 2 saturated carbocycles. The summed E-state index contributed by atoms with van der Waals surface area (Å²) in [6.07, 6.45) is 2.34. The Morgan fingerprint density at radius 1 is 1.00 bits per heavy atom. The van der Waals surface area contributed by atoms with E-state index in [0.717, 1.165) is 37.3 Å². The van der Waals surface area contributed by atoms with E-state index in [1.807, 2.05) is 0 Å². The van der Waals surface area contributed by atoms with Gasteiger partial charge in [-0.2, -0.15) is 13.2 Å². The Labute approximate surface area is 227 Å². The number of carbonyl (C=O) groups is 2. The van der Waals surface area contributed by atoms with Crippen molar-refractivity contribution in [1.82, 2.24) is 25.6 Å². The van der Waals surface area contributed by atoms with Crippen molar-refractivity contribution in [3.63, 3.8) is 0 Å². The Morgan fingerprint density at radius 3 is 2.29 bits per heavy atom. The third-order valence-electron chi connectivity index (χ3n) is 9.94. The summed E-state index contributed by atoms with van der Waals surface area (Å²) < 4.78 is 43.1. The van der Waals surface area contributed by atoms with E-state index in [2.05, 4.69) is 20.7 Å². The van der Waals surface area contributed by atoms with Crippen molar-refractivity contribution in [2.24, 2.45) is 17.8 Å². The number of hydrogen-bond donors (Lipinski definition) is 3. The Hall–Kier alpha value is -1.14. The van der Waals surface area contributed by atoms with Gasteiger partial charge in [0.1, 0.15) is 6.04 Å². The van der Waals surface area contributed by atoms with Crippen LogP contribution in [0.2, 0.25) is 0 Å². The number of carbonyl (C=O) groups excluding carboxylic acids is 1. The van der Waals surface area contributed by atoms with Crippen LogP contribution in [0.25, 0.3) is 0 Å². The largest absolute Gasteiger partial charge is 0.481 e. The van der Waals surface area contributed by atoms with E-state index in [-0.39, 0.29) is 17.7 Å². The first-order valence-corrected chi connectivity index (χ1v) is 14.7. The van der Waals surface area contributed by atoms with Crippen LogP contribution in [-0.2, 0) is 9.59 Å². The molecule has 3 saturated heterocycles. The Morgan fingerprint density at radius 2 is 1.66 bits per heavy atom. The molecule has 5 aliphatic rings. The van der Waals surface area contributed by atoms with Crippen LogP contribution in [0, 0.1) is 17.8 Å². The van der Waals surface area contributed by atoms with E-state index in [1.165, 1.54) is 7.05 Å². The van der Waals surface area contributed by atoms with Gasteiger partial charge in [0.15, 0.2) is 0 Å². The zero-order valence-electron chi connectivity index (χ0n) is 22.0. The molecule has 0 aromatic heterocycles. The quantitative estimate of drug-likeness (QED) is 0.349. The van der Waals surface area contributed by atoms with Gasteiger partial charge >= 0.3 is 12.1 Å². The maximum atomic E-state index is 14.4. The lowest BCUT2D eigenvalue weighted by atomic mass is 9.77. The van der Waals surface area contributed by atoms with Gasteiger partial charge in [-0.25, -0.2) is 10.4 Å². The number of likely N-dealkylation sites (tertiary alicyclic amines) is 1. The van der Waals surface area contributed by atoms with E-state index in [9.17, 15) is 27.9 Å². The van der Waals surface area contributed by atoms with Gasteiger partial charge in [-0.15, -0.1) is 11.6 Å². The first-order valence-electron chi connectivity index (χ1n) is 14.3. The third kappa shape index (κ3) is 5.68. The van der Waals surface area contributed by atoms with Crippen LogP contribution < -0.4 is 10.7 Å². The Balaban J connectivity index is 1.20. The second-order valence-corrected chi connectivity index (χ2v) is 12.6. The SMILES string of the molecule is CN(C(=O)C1CCC(C(=O)O)CC1)[C@@H](C1CCC(N2CCCC3C2CNC2CC(Cl)NN23)CC1)C(F)(F)F. The number of hydrazine groups is 1. The van der Waals surface area contributed by atoms with E-state index in [0.29, 0.717) is 63.5 Å². The van der Waals surface area contributed by atoms with E-state index in [4.69, 9.17) is 11.6 Å². The highest BCUT2D eigenvalue weighted by molar-refractivity contribution is 6.20. The molecule has 3 N–H and O–H groups in total. The molecule has 0 spiro atoms. The maximum absolute atomic E-state index is 14.4. The first-order chi connectivity index (χ1) is 18.0. The van der Waals surface area contributed by atoms with Crippen LogP contribution in [-0.4, -0.2) is 93.9 Å². The molecule has 0 bridgehead atoms. The minimum absolute atomic E-state index is 0.0803. The zero-order valence-corrected chi connectivity index (χ0v) is 22.8. The van der Waals surface area contributed by atoms with Crippen molar-refractivity contribution in [2.45, 2.75) is 113 Å². The monoisotopic (exact) mass is 563 g/mol. The third-order valence-corrected chi connectivity index (χ3v) is 10.2. The lowest BCUT2D eigenvalue weighted by molar-refractivity contribution is -0.203. The minimum atomic E-state index is -4.50. The van der Waals surface area contributed by atoms with Gasteiger partial charge in [0.25, 0.3) is 0 Å². The molecule has 0 aromatic rings. The molecule has 1 amide bonds. The molecule has 3 aliphatic heterocycles. The summed E-state index contributed by atoms with van der Waals surface area (Å²) in [5, 5.41) is 15.1. The average molecular weight is 564 g/mol. The number of rotatable bonds is 5. The van der Waals surface area contributed by atoms with Gasteiger partial charge in [0, 0.05) is 44.1 Å². The van der Waals surface area contributed by atoms with Gasteiger partial charge in [-0.05, 0) is 76.7 Å². The topological polar surface area (TPSA) is 88.1 Å². The zero-order chi connectivity index (χ0) is 27.2. The molecule has 4 unspecified atom stereocenters. The van der Waals surface area contributed by atoms with Crippen LogP contribution in [0.4, 0.5) is 13.2 Å². The number of halogens is 4. The predicted octanol–water partition coefficient (Wildman–Crippen LogP) is 3.36. The molecule has 5 rings (SSSR count). The van der Waals surface area contributed by atoms with Gasteiger partial charge in [-0.1, -0.05) is 0 Å². The second kappa shape index (κ2) is 11.4. The number of nitrogens with zero attached hydrogens (tertiary/aromatic N) is 3. The van der Waals surface area contributed by atoms with Crippen molar-refractivity contribution in [3.8, 4) is 0 Å². The number of carboxylic acid groups (broad SMARTS) is 1. The summed E-state index contributed by atoms with van der Waals surface area (Å²) in [4.78, 5) is 27.8. The number of fused-ring (bicyclic) bond motifs is 3. The maximum Gasteiger partial charge on any atom is 0.409 e. The summed E-state index contributed by atoms with van der Waals surface area (Å²) in [7, 11) is 1.29. The number of amides is 1. The molecule has 0 radical (unpaired) electrons. The lowest BCUT2D eigenvalue weighted by Crippen LogP contribution is -2.70. The molecular formula is C26H41ClF3N5O3. The first kappa shape index (κ1) is 28.4. The number of hydrogen-bond acceptors (Lipinski definition) is 6. The summed E-state index contributed by atoms with van der Waals surface area (Å²) in [6.45, 7) is 1.82. The normalized spacial score (nSPS) is 39.7. The molecule has 0 aromatic carbocycles. The highest BCUT2D eigenvalue weighted by Crippen LogP contribution is 2.42. The van der Waals surface area contributed by atoms with Crippen LogP contribution in [0.1, 0.15) is 70.6 Å². The summed E-state index contributed by atoms with van der Waals surface area (Å²) in [5.74, 6) is -3.04. The standard InChI is InChI=1S/C26H41ClF3N5O3/c1-33(24(36)16-4-6-17(7-5-16)25(37)38)23(26(28,29)30)15-8-10-18(11-9-15)34-12-2-3-19-20(34)14-31-22-13-21(27)32-35(19)22/h15-23,31-32H,2-14H2,1H3,(H,37,38)/t15?,16?,17?,18?,19?,20?,21?,22?,23-/m0/s1. The molecule has 5 fully saturated rings. The molecular weight excluding hydrogens is 523 g/mol. The average Bonchev–Trinajstić information content (AvgIpc) is 3.28. The smallest absolute Gasteiger partial charge is 0.409 e. The molecule has 5 atom stereocenters.